The number of carbonyl (C=O) groups is 1. The molecule has 0 amide bonds. The molecule has 1 aromatic rings. The van der Waals surface area contributed by atoms with Gasteiger partial charge in [-0.3, -0.25) is 4.79 Å². The van der Waals surface area contributed by atoms with Crippen molar-refractivity contribution in [2.45, 2.75) is 6.42 Å². The molecule has 0 fully saturated rings. The quantitative estimate of drug-likeness (QED) is 0.523. The van der Waals surface area contributed by atoms with E-state index >= 15 is 0 Å². The summed E-state index contributed by atoms with van der Waals surface area (Å²) in [4.78, 5) is 10.6. The van der Waals surface area contributed by atoms with Gasteiger partial charge < -0.3 is 4.74 Å². The number of hydrogen-bond acceptors (Lipinski definition) is 2. The summed E-state index contributed by atoms with van der Waals surface area (Å²) in [6.45, 7) is 7.69. The van der Waals surface area contributed by atoms with E-state index in [1.54, 1.807) is 24.3 Å². The molecule has 1 rings (SSSR count). The fraction of sp³-hybridized carbons (Fsp3) is 0.154. The summed E-state index contributed by atoms with van der Waals surface area (Å²) in [5.41, 5.74) is 1.64. The Kier molecular flexibility index (Phi) is 4.35. The summed E-state index contributed by atoms with van der Waals surface area (Å²) in [5, 5.41) is 0. The smallest absolute Gasteiger partial charge is 0.150 e. The second-order valence-electron chi connectivity index (χ2n) is 3.08. The average Bonchev–Trinajstić information content (AvgIpc) is 2.28. The van der Waals surface area contributed by atoms with Crippen LogP contribution in [-0.2, 0) is 6.42 Å². The molecule has 0 aliphatic carbocycles. The molecule has 0 aliphatic rings. The van der Waals surface area contributed by atoms with Gasteiger partial charge in [-0.05, 0) is 18.1 Å². The van der Waals surface area contributed by atoms with Crippen LogP contribution in [0.5, 0.6) is 5.75 Å². The van der Waals surface area contributed by atoms with Gasteiger partial charge in [-0.2, -0.15) is 0 Å². The van der Waals surface area contributed by atoms with E-state index in [0.717, 1.165) is 24.0 Å². The SMILES string of the molecule is C=CCOc1cc(C=O)ccc1CC=C. The summed E-state index contributed by atoms with van der Waals surface area (Å²) < 4.78 is 5.46. The Bertz CT molecular complexity index is 367. The lowest BCUT2D eigenvalue weighted by molar-refractivity contribution is 0.112. The third kappa shape index (κ3) is 3.09. The molecule has 0 bridgehead atoms. The van der Waals surface area contributed by atoms with E-state index in [4.69, 9.17) is 4.74 Å². The van der Waals surface area contributed by atoms with Crippen molar-refractivity contribution in [3.63, 3.8) is 0 Å². The van der Waals surface area contributed by atoms with Gasteiger partial charge in [-0.15, -0.1) is 6.58 Å². The fourth-order valence-corrected chi connectivity index (χ4v) is 1.25. The number of hydrogen-bond donors (Lipinski definition) is 0. The summed E-state index contributed by atoms with van der Waals surface area (Å²) in [6, 6.07) is 5.38. The molecular weight excluding hydrogens is 188 g/mol. The van der Waals surface area contributed by atoms with E-state index in [9.17, 15) is 4.79 Å². The molecule has 0 atom stereocenters. The van der Waals surface area contributed by atoms with E-state index in [1.807, 2.05) is 6.07 Å². The van der Waals surface area contributed by atoms with Gasteiger partial charge in [-0.25, -0.2) is 0 Å². The van der Waals surface area contributed by atoms with E-state index in [0.29, 0.717) is 12.2 Å². The lowest BCUT2D eigenvalue weighted by Gasteiger charge is -2.09. The first-order chi connectivity index (χ1) is 7.31. The maximum atomic E-state index is 10.6. The van der Waals surface area contributed by atoms with Gasteiger partial charge in [-0.1, -0.05) is 30.9 Å². The van der Waals surface area contributed by atoms with Gasteiger partial charge in [0, 0.05) is 5.56 Å². The van der Waals surface area contributed by atoms with Crippen LogP contribution in [0.4, 0.5) is 0 Å². The topological polar surface area (TPSA) is 26.3 Å². The minimum absolute atomic E-state index is 0.437. The van der Waals surface area contributed by atoms with Gasteiger partial charge in [0.1, 0.15) is 18.6 Å². The van der Waals surface area contributed by atoms with Crippen molar-refractivity contribution in [1.29, 1.82) is 0 Å². The van der Waals surface area contributed by atoms with Crippen LogP contribution in [0.25, 0.3) is 0 Å². The Hall–Kier alpha value is -1.83. The van der Waals surface area contributed by atoms with Gasteiger partial charge in [0.15, 0.2) is 0 Å². The predicted molar refractivity (Wildman–Crippen MR) is 61.4 cm³/mol. The molecule has 0 spiro atoms. The summed E-state index contributed by atoms with van der Waals surface area (Å²) in [6.07, 6.45) is 5.01. The van der Waals surface area contributed by atoms with E-state index in [-0.39, 0.29) is 0 Å². The van der Waals surface area contributed by atoms with Crippen molar-refractivity contribution in [1.82, 2.24) is 0 Å². The first-order valence-corrected chi connectivity index (χ1v) is 4.74. The Morgan fingerprint density at radius 2 is 2.07 bits per heavy atom. The second-order valence-corrected chi connectivity index (χ2v) is 3.08. The molecule has 2 heteroatoms. The van der Waals surface area contributed by atoms with E-state index < -0.39 is 0 Å². The van der Waals surface area contributed by atoms with E-state index in [2.05, 4.69) is 13.2 Å². The van der Waals surface area contributed by atoms with Gasteiger partial charge in [0.2, 0.25) is 0 Å². The largest absolute Gasteiger partial charge is 0.489 e. The molecule has 2 nitrogen and oxygen atoms in total. The molecule has 0 saturated carbocycles. The molecule has 0 N–H and O–H groups in total. The Morgan fingerprint density at radius 1 is 1.27 bits per heavy atom. The highest BCUT2D eigenvalue weighted by atomic mass is 16.5. The molecule has 0 aliphatic heterocycles. The molecule has 0 saturated heterocycles. The zero-order valence-electron chi connectivity index (χ0n) is 8.61. The maximum Gasteiger partial charge on any atom is 0.150 e. The molecule has 0 heterocycles. The number of aldehydes is 1. The van der Waals surface area contributed by atoms with Crippen molar-refractivity contribution < 1.29 is 9.53 Å². The molecule has 78 valence electrons. The van der Waals surface area contributed by atoms with Crippen LogP contribution < -0.4 is 4.74 Å². The second kappa shape index (κ2) is 5.81. The van der Waals surface area contributed by atoms with Gasteiger partial charge >= 0.3 is 0 Å². The highest BCUT2D eigenvalue weighted by Crippen LogP contribution is 2.20. The average molecular weight is 202 g/mol. The van der Waals surface area contributed by atoms with Gasteiger partial charge in [0.25, 0.3) is 0 Å². The van der Waals surface area contributed by atoms with Crippen LogP contribution in [0, 0.1) is 0 Å². The highest BCUT2D eigenvalue weighted by molar-refractivity contribution is 5.75. The van der Waals surface area contributed by atoms with Crippen molar-refractivity contribution in [3.8, 4) is 5.75 Å². The first-order valence-electron chi connectivity index (χ1n) is 4.74. The minimum atomic E-state index is 0.437. The molecule has 15 heavy (non-hydrogen) atoms. The standard InChI is InChI=1S/C13H14O2/c1-3-5-12-7-6-11(10-14)9-13(12)15-8-4-2/h3-4,6-7,9-10H,1-2,5,8H2. The highest BCUT2D eigenvalue weighted by Gasteiger charge is 2.03. The van der Waals surface area contributed by atoms with Crippen LogP contribution in [-0.4, -0.2) is 12.9 Å². The van der Waals surface area contributed by atoms with Gasteiger partial charge in [0.05, 0.1) is 0 Å². The van der Waals surface area contributed by atoms with Crippen molar-refractivity contribution >= 4 is 6.29 Å². The normalized spacial score (nSPS) is 9.33. The number of carbonyl (C=O) groups excluding carboxylic acids is 1. The van der Waals surface area contributed by atoms with E-state index in [1.165, 1.54) is 0 Å². The first kappa shape index (κ1) is 11.2. The van der Waals surface area contributed by atoms with Crippen LogP contribution >= 0.6 is 0 Å². The van der Waals surface area contributed by atoms with Crippen molar-refractivity contribution in [2.75, 3.05) is 6.61 Å². The summed E-state index contributed by atoms with van der Waals surface area (Å²) >= 11 is 0. The van der Waals surface area contributed by atoms with Crippen LogP contribution in [0.3, 0.4) is 0 Å². The van der Waals surface area contributed by atoms with Crippen LogP contribution in [0.2, 0.25) is 0 Å². The number of ether oxygens (including phenoxy) is 1. The Balaban J connectivity index is 2.97. The summed E-state index contributed by atoms with van der Waals surface area (Å²) in [7, 11) is 0. The number of rotatable bonds is 6. The monoisotopic (exact) mass is 202 g/mol. The third-order valence-electron chi connectivity index (χ3n) is 1.95. The van der Waals surface area contributed by atoms with Crippen molar-refractivity contribution in [3.05, 3.63) is 54.6 Å². The van der Waals surface area contributed by atoms with Crippen molar-refractivity contribution in [2.24, 2.45) is 0 Å². The molecule has 1 aromatic carbocycles. The summed E-state index contributed by atoms with van der Waals surface area (Å²) in [5.74, 6) is 0.722. The molecular formula is C13H14O2. The lowest BCUT2D eigenvalue weighted by Crippen LogP contribution is -1.98. The molecule has 0 unspecified atom stereocenters. The number of benzene rings is 1. The third-order valence-corrected chi connectivity index (χ3v) is 1.95. The predicted octanol–water partition coefficient (Wildman–Crippen LogP) is 2.79. The lowest BCUT2D eigenvalue weighted by atomic mass is 10.1. The molecule has 0 aromatic heterocycles. The zero-order valence-corrected chi connectivity index (χ0v) is 8.61. The fourth-order valence-electron chi connectivity index (χ4n) is 1.25. The Morgan fingerprint density at radius 3 is 2.67 bits per heavy atom. The Labute approximate surface area is 89.9 Å². The molecule has 0 radical (unpaired) electrons. The minimum Gasteiger partial charge on any atom is -0.489 e. The zero-order chi connectivity index (χ0) is 11.1. The maximum absolute atomic E-state index is 10.6. The van der Waals surface area contributed by atoms with Crippen LogP contribution in [0.15, 0.2) is 43.5 Å². The van der Waals surface area contributed by atoms with Crippen LogP contribution in [0.1, 0.15) is 15.9 Å². The number of allylic oxidation sites excluding steroid dienone is 1.